The highest BCUT2D eigenvalue weighted by Crippen LogP contribution is 2.56. The van der Waals surface area contributed by atoms with E-state index in [1.165, 1.54) is 17.6 Å². The molecule has 0 bridgehead atoms. The smallest absolute Gasteiger partial charge is 0.134 e. The lowest BCUT2D eigenvalue weighted by molar-refractivity contribution is 0.131. The van der Waals surface area contributed by atoms with E-state index in [0.29, 0.717) is 10.9 Å². The SMILES string of the molecule is CC1(C)CC(=Cc2ccc(O)c(Cl)c2)C(c2ccc(Br)cc2)C(C)(C)C1. The zero-order valence-corrected chi connectivity index (χ0v) is 18.2. The molecule has 0 aromatic heterocycles. The fourth-order valence-corrected chi connectivity index (χ4v) is 5.29. The lowest BCUT2D eigenvalue weighted by atomic mass is 9.56. The van der Waals surface area contributed by atoms with E-state index in [4.69, 9.17) is 11.6 Å². The highest BCUT2D eigenvalue weighted by molar-refractivity contribution is 9.10. The summed E-state index contributed by atoms with van der Waals surface area (Å²) in [5.74, 6) is 0.485. The molecule has 3 rings (SSSR count). The molecule has 0 spiro atoms. The molecule has 2 aromatic rings. The molecule has 1 N–H and O–H groups in total. The van der Waals surface area contributed by atoms with E-state index >= 15 is 0 Å². The van der Waals surface area contributed by atoms with Crippen molar-refractivity contribution in [3.63, 3.8) is 0 Å². The maximum Gasteiger partial charge on any atom is 0.134 e. The average molecular weight is 434 g/mol. The van der Waals surface area contributed by atoms with Crippen LogP contribution in [0.25, 0.3) is 6.08 Å². The van der Waals surface area contributed by atoms with Crippen LogP contribution >= 0.6 is 27.5 Å². The molecule has 0 radical (unpaired) electrons. The van der Waals surface area contributed by atoms with Gasteiger partial charge in [0.1, 0.15) is 5.75 Å². The summed E-state index contributed by atoms with van der Waals surface area (Å²) in [6.45, 7) is 9.45. The standard InChI is InChI=1S/C23H26BrClO/c1-22(2)13-17(11-15-5-10-20(26)19(25)12-15)21(23(3,4)14-22)16-6-8-18(24)9-7-16/h5-12,21,26H,13-14H2,1-4H3. The third-order valence-electron chi connectivity index (χ3n) is 5.30. The third-order valence-corrected chi connectivity index (χ3v) is 6.13. The fourth-order valence-electron chi connectivity index (χ4n) is 4.84. The molecule has 0 aliphatic heterocycles. The average Bonchev–Trinajstić information content (AvgIpc) is 2.50. The van der Waals surface area contributed by atoms with Crippen LogP contribution in [0.15, 0.2) is 52.5 Å². The maximum atomic E-state index is 9.71. The van der Waals surface area contributed by atoms with Crippen molar-refractivity contribution in [2.24, 2.45) is 10.8 Å². The Morgan fingerprint density at radius 1 is 1.08 bits per heavy atom. The molecule has 138 valence electrons. The number of hydrogen-bond donors (Lipinski definition) is 1. The van der Waals surface area contributed by atoms with E-state index in [2.05, 4.69) is 74.0 Å². The summed E-state index contributed by atoms with van der Waals surface area (Å²) >= 11 is 9.68. The monoisotopic (exact) mass is 432 g/mol. The van der Waals surface area contributed by atoms with E-state index in [1.807, 2.05) is 12.1 Å². The summed E-state index contributed by atoms with van der Waals surface area (Å²) in [4.78, 5) is 0. The van der Waals surface area contributed by atoms with Gasteiger partial charge in [0.15, 0.2) is 0 Å². The van der Waals surface area contributed by atoms with Crippen LogP contribution in [0.1, 0.15) is 57.6 Å². The maximum absolute atomic E-state index is 9.71. The Morgan fingerprint density at radius 2 is 1.73 bits per heavy atom. The topological polar surface area (TPSA) is 20.2 Å². The van der Waals surface area contributed by atoms with E-state index in [9.17, 15) is 5.11 Å². The second-order valence-electron chi connectivity index (χ2n) is 8.92. The number of benzene rings is 2. The minimum Gasteiger partial charge on any atom is -0.506 e. The molecule has 1 unspecified atom stereocenters. The van der Waals surface area contributed by atoms with Crippen LogP contribution in [0.4, 0.5) is 0 Å². The lowest BCUT2D eigenvalue weighted by Gasteiger charge is -2.48. The highest BCUT2D eigenvalue weighted by atomic mass is 79.9. The number of halogens is 2. The second-order valence-corrected chi connectivity index (χ2v) is 10.2. The van der Waals surface area contributed by atoms with E-state index < -0.39 is 0 Å². The largest absolute Gasteiger partial charge is 0.506 e. The zero-order valence-electron chi connectivity index (χ0n) is 15.8. The van der Waals surface area contributed by atoms with Crippen LogP contribution in [0.5, 0.6) is 5.75 Å². The highest BCUT2D eigenvalue weighted by Gasteiger charge is 2.43. The second kappa shape index (κ2) is 7.05. The first-order valence-corrected chi connectivity index (χ1v) is 10.2. The molecule has 0 amide bonds. The quantitative estimate of drug-likeness (QED) is 0.511. The van der Waals surface area contributed by atoms with Gasteiger partial charge in [-0.15, -0.1) is 0 Å². The molecule has 1 aliphatic rings. The van der Waals surface area contributed by atoms with Gasteiger partial charge in [0.25, 0.3) is 0 Å². The van der Waals surface area contributed by atoms with Crippen molar-refractivity contribution in [1.82, 2.24) is 0 Å². The van der Waals surface area contributed by atoms with Gasteiger partial charge < -0.3 is 5.11 Å². The minimum atomic E-state index is 0.127. The Balaban J connectivity index is 2.11. The molecule has 1 atom stereocenters. The van der Waals surface area contributed by atoms with Crippen LogP contribution in [-0.2, 0) is 0 Å². The van der Waals surface area contributed by atoms with Gasteiger partial charge in [0.05, 0.1) is 5.02 Å². The Hall–Kier alpha value is -1.25. The van der Waals surface area contributed by atoms with Gasteiger partial charge in [-0.3, -0.25) is 0 Å². The van der Waals surface area contributed by atoms with Crippen LogP contribution in [0.3, 0.4) is 0 Å². The molecule has 1 saturated carbocycles. The molecule has 2 aromatic carbocycles. The molecular formula is C23H26BrClO. The molecule has 0 heterocycles. The van der Waals surface area contributed by atoms with Crippen molar-refractivity contribution in [3.05, 3.63) is 68.7 Å². The predicted octanol–water partition coefficient (Wildman–Crippen LogP) is 7.82. The number of phenols is 1. The summed E-state index contributed by atoms with van der Waals surface area (Å²) in [6.07, 6.45) is 4.49. The van der Waals surface area contributed by atoms with Gasteiger partial charge in [0, 0.05) is 10.4 Å². The number of allylic oxidation sites excluding steroid dienone is 1. The summed E-state index contributed by atoms with van der Waals surface area (Å²) in [7, 11) is 0. The summed E-state index contributed by atoms with van der Waals surface area (Å²) in [6, 6.07) is 14.2. The van der Waals surface area contributed by atoms with Crippen LogP contribution in [0.2, 0.25) is 5.02 Å². The molecule has 1 fully saturated rings. The molecule has 26 heavy (non-hydrogen) atoms. The normalized spacial score (nSPS) is 23.2. The summed E-state index contributed by atoms with van der Waals surface area (Å²) in [5.41, 5.74) is 4.22. The number of aromatic hydroxyl groups is 1. The number of phenolic OH excluding ortho intramolecular Hbond substituents is 1. The minimum absolute atomic E-state index is 0.127. The lowest BCUT2D eigenvalue weighted by Crippen LogP contribution is -2.36. The van der Waals surface area contributed by atoms with Gasteiger partial charge >= 0.3 is 0 Å². The van der Waals surface area contributed by atoms with Crippen molar-refractivity contribution >= 4 is 33.6 Å². The van der Waals surface area contributed by atoms with Crippen molar-refractivity contribution in [2.75, 3.05) is 0 Å². The Kier molecular flexibility index (Phi) is 5.29. The molecule has 3 heteroatoms. The molecule has 1 nitrogen and oxygen atoms in total. The van der Waals surface area contributed by atoms with Gasteiger partial charge in [-0.1, -0.05) is 85.1 Å². The first-order valence-electron chi connectivity index (χ1n) is 9.02. The van der Waals surface area contributed by atoms with Gasteiger partial charge in [0.2, 0.25) is 0 Å². The predicted molar refractivity (Wildman–Crippen MR) is 115 cm³/mol. The number of hydrogen-bond acceptors (Lipinski definition) is 1. The van der Waals surface area contributed by atoms with Crippen molar-refractivity contribution in [1.29, 1.82) is 0 Å². The van der Waals surface area contributed by atoms with Crippen LogP contribution in [0, 0.1) is 10.8 Å². The van der Waals surface area contributed by atoms with Crippen molar-refractivity contribution < 1.29 is 5.11 Å². The summed E-state index contributed by atoms with van der Waals surface area (Å²) < 4.78 is 1.10. The van der Waals surface area contributed by atoms with Crippen LogP contribution in [-0.4, -0.2) is 5.11 Å². The zero-order chi connectivity index (χ0) is 19.1. The van der Waals surface area contributed by atoms with Crippen LogP contribution < -0.4 is 0 Å². The van der Waals surface area contributed by atoms with E-state index in [0.717, 1.165) is 16.5 Å². The number of rotatable bonds is 2. The fraction of sp³-hybridized carbons (Fsp3) is 0.391. The Bertz CT molecular complexity index is 834. The first-order chi connectivity index (χ1) is 12.1. The van der Waals surface area contributed by atoms with Gasteiger partial charge in [-0.05, 0) is 59.1 Å². The van der Waals surface area contributed by atoms with Gasteiger partial charge in [-0.25, -0.2) is 0 Å². The van der Waals surface area contributed by atoms with E-state index in [-0.39, 0.29) is 16.6 Å². The Labute approximate surface area is 170 Å². The van der Waals surface area contributed by atoms with Crippen molar-refractivity contribution in [3.8, 4) is 5.75 Å². The molecule has 1 aliphatic carbocycles. The third kappa shape index (κ3) is 4.18. The molecular weight excluding hydrogens is 408 g/mol. The summed E-state index contributed by atoms with van der Waals surface area (Å²) in [5, 5.41) is 10.1. The van der Waals surface area contributed by atoms with Gasteiger partial charge in [-0.2, -0.15) is 0 Å². The first kappa shape index (κ1) is 19.5. The Morgan fingerprint density at radius 3 is 2.35 bits per heavy atom. The molecule has 0 saturated heterocycles. The van der Waals surface area contributed by atoms with E-state index in [1.54, 1.807) is 6.07 Å². The van der Waals surface area contributed by atoms with Crippen molar-refractivity contribution in [2.45, 2.75) is 46.5 Å².